The van der Waals surface area contributed by atoms with Gasteiger partial charge in [-0.05, 0) is 56.1 Å². The minimum Gasteiger partial charge on any atom is -0.497 e. The number of carbonyl (C=O) groups is 1. The summed E-state index contributed by atoms with van der Waals surface area (Å²) in [6.45, 7) is 8.33. The first-order valence-corrected chi connectivity index (χ1v) is 8.33. The average molecular weight is 304 g/mol. The Morgan fingerprint density at radius 1 is 1.27 bits per heavy atom. The normalized spacial score (nSPS) is 20.0. The Hall–Kier alpha value is -1.55. The molecule has 4 heteroatoms. The summed E-state index contributed by atoms with van der Waals surface area (Å²) in [5.41, 5.74) is 1.24. The number of hydrogen-bond acceptors (Lipinski definition) is 3. The van der Waals surface area contributed by atoms with Gasteiger partial charge in [-0.1, -0.05) is 26.0 Å². The molecule has 1 saturated carbocycles. The third kappa shape index (κ3) is 4.47. The van der Waals surface area contributed by atoms with E-state index in [0.29, 0.717) is 5.92 Å². The van der Waals surface area contributed by atoms with Crippen molar-refractivity contribution in [1.82, 2.24) is 10.2 Å². The minimum atomic E-state index is 0.154. The van der Waals surface area contributed by atoms with Gasteiger partial charge in [0.15, 0.2) is 0 Å². The van der Waals surface area contributed by atoms with Gasteiger partial charge in [-0.15, -0.1) is 0 Å². The number of hydrogen-bond donors (Lipinski definition) is 1. The van der Waals surface area contributed by atoms with Gasteiger partial charge in [-0.2, -0.15) is 0 Å². The highest BCUT2D eigenvalue weighted by molar-refractivity contribution is 5.82. The van der Waals surface area contributed by atoms with Crippen molar-refractivity contribution in [3.05, 3.63) is 29.8 Å². The van der Waals surface area contributed by atoms with Crippen LogP contribution in [0.4, 0.5) is 0 Å². The van der Waals surface area contributed by atoms with Crippen LogP contribution < -0.4 is 10.1 Å². The molecule has 0 aromatic heterocycles. The van der Waals surface area contributed by atoms with Crippen LogP contribution in [0.25, 0.3) is 0 Å². The molecular weight excluding hydrogens is 276 g/mol. The summed E-state index contributed by atoms with van der Waals surface area (Å²) in [5.74, 6) is 1.61. The summed E-state index contributed by atoms with van der Waals surface area (Å²) in [6.07, 6.45) is 1.99. The fourth-order valence-corrected chi connectivity index (χ4v) is 2.89. The Bertz CT molecular complexity index is 468. The lowest BCUT2D eigenvalue weighted by Crippen LogP contribution is -2.30. The molecule has 1 amide bonds. The molecule has 1 fully saturated rings. The van der Waals surface area contributed by atoms with E-state index in [9.17, 15) is 4.79 Å². The van der Waals surface area contributed by atoms with Gasteiger partial charge in [-0.25, -0.2) is 0 Å². The summed E-state index contributed by atoms with van der Waals surface area (Å²) in [5, 5.41) is 3.08. The largest absolute Gasteiger partial charge is 0.497 e. The maximum atomic E-state index is 12.1. The van der Waals surface area contributed by atoms with Crippen molar-refractivity contribution < 1.29 is 9.53 Å². The number of carbonyl (C=O) groups excluding carboxylic acids is 1. The topological polar surface area (TPSA) is 41.6 Å². The molecule has 1 N–H and O–H groups in total. The molecular formula is C18H28N2O2. The van der Waals surface area contributed by atoms with Gasteiger partial charge in [-0.3, -0.25) is 4.79 Å². The molecule has 1 aromatic rings. The van der Waals surface area contributed by atoms with Crippen molar-refractivity contribution in [1.29, 1.82) is 0 Å². The fourth-order valence-electron chi connectivity index (χ4n) is 2.89. The fraction of sp³-hybridized carbons (Fsp3) is 0.611. The van der Waals surface area contributed by atoms with Crippen molar-refractivity contribution in [3.8, 4) is 5.75 Å². The molecule has 2 atom stereocenters. The molecule has 122 valence electrons. The van der Waals surface area contributed by atoms with E-state index < -0.39 is 0 Å². The second kappa shape index (κ2) is 8.18. The quantitative estimate of drug-likeness (QED) is 0.713. The molecule has 1 aliphatic rings. The van der Waals surface area contributed by atoms with Crippen LogP contribution in [-0.2, 0) is 4.79 Å². The second-order valence-electron chi connectivity index (χ2n) is 5.89. The standard InChI is InChI=1S/C18H28N2O2/c1-4-20(5-2)12-6-11-19-18(21)17-13-16(17)14-7-9-15(22-3)10-8-14/h7-10,16-17H,4-6,11-13H2,1-3H3,(H,19,21). The third-order valence-electron chi connectivity index (χ3n) is 4.52. The summed E-state index contributed by atoms with van der Waals surface area (Å²) in [7, 11) is 1.67. The molecule has 0 aliphatic heterocycles. The minimum absolute atomic E-state index is 0.154. The third-order valence-corrected chi connectivity index (χ3v) is 4.52. The summed E-state index contributed by atoms with van der Waals surface area (Å²) in [6, 6.07) is 8.06. The number of ether oxygens (including phenoxy) is 1. The lowest BCUT2D eigenvalue weighted by Gasteiger charge is -2.17. The SMILES string of the molecule is CCN(CC)CCCNC(=O)C1CC1c1ccc(OC)cc1. The zero-order chi connectivity index (χ0) is 15.9. The number of nitrogens with one attached hydrogen (secondary N) is 1. The van der Waals surface area contributed by atoms with E-state index in [-0.39, 0.29) is 11.8 Å². The van der Waals surface area contributed by atoms with Crippen LogP contribution in [0.2, 0.25) is 0 Å². The van der Waals surface area contributed by atoms with E-state index in [2.05, 4.69) is 36.2 Å². The molecule has 0 spiro atoms. The van der Waals surface area contributed by atoms with Crippen LogP contribution in [0.15, 0.2) is 24.3 Å². The molecule has 0 heterocycles. The average Bonchev–Trinajstić information content (AvgIpc) is 3.35. The second-order valence-corrected chi connectivity index (χ2v) is 5.89. The predicted octanol–water partition coefficient (Wildman–Crippen LogP) is 2.65. The van der Waals surface area contributed by atoms with Crippen LogP contribution in [-0.4, -0.2) is 44.1 Å². The van der Waals surface area contributed by atoms with Gasteiger partial charge >= 0.3 is 0 Å². The van der Waals surface area contributed by atoms with Gasteiger partial charge in [0.25, 0.3) is 0 Å². The lowest BCUT2D eigenvalue weighted by atomic mass is 10.1. The van der Waals surface area contributed by atoms with Crippen molar-refractivity contribution in [2.24, 2.45) is 5.92 Å². The first-order valence-electron chi connectivity index (χ1n) is 8.33. The maximum absolute atomic E-state index is 12.1. The van der Waals surface area contributed by atoms with Crippen LogP contribution in [0.3, 0.4) is 0 Å². The number of benzene rings is 1. The molecule has 22 heavy (non-hydrogen) atoms. The van der Waals surface area contributed by atoms with Gasteiger partial charge < -0.3 is 15.0 Å². The van der Waals surface area contributed by atoms with E-state index >= 15 is 0 Å². The molecule has 1 aromatic carbocycles. The van der Waals surface area contributed by atoms with Crippen LogP contribution in [0.1, 0.15) is 38.2 Å². The van der Waals surface area contributed by atoms with E-state index in [1.165, 1.54) is 5.56 Å². The zero-order valence-corrected chi connectivity index (χ0v) is 14.0. The van der Waals surface area contributed by atoms with Crippen molar-refractivity contribution in [2.45, 2.75) is 32.6 Å². The maximum Gasteiger partial charge on any atom is 0.223 e. The van der Waals surface area contributed by atoms with Crippen LogP contribution >= 0.6 is 0 Å². The number of amides is 1. The summed E-state index contributed by atoms with van der Waals surface area (Å²) >= 11 is 0. The Labute approximate surface area is 133 Å². The lowest BCUT2D eigenvalue weighted by molar-refractivity contribution is -0.122. The Morgan fingerprint density at radius 3 is 2.55 bits per heavy atom. The number of methoxy groups -OCH3 is 1. The Balaban J connectivity index is 1.69. The molecule has 0 saturated heterocycles. The Morgan fingerprint density at radius 2 is 1.95 bits per heavy atom. The smallest absolute Gasteiger partial charge is 0.223 e. The van der Waals surface area contributed by atoms with Crippen molar-refractivity contribution >= 4 is 5.91 Å². The highest BCUT2D eigenvalue weighted by Crippen LogP contribution is 2.47. The molecule has 0 bridgehead atoms. The van der Waals surface area contributed by atoms with Crippen molar-refractivity contribution in [3.63, 3.8) is 0 Å². The van der Waals surface area contributed by atoms with E-state index in [1.807, 2.05) is 12.1 Å². The van der Waals surface area contributed by atoms with Crippen molar-refractivity contribution in [2.75, 3.05) is 33.3 Å². The van der Waals surface area contributed by atoms with Gasteiger partial charge in [0.1, 0.15) is 5.75 Å². The highest BCUT2D eigenvalue weighted by atomic mass is 16.5. The number of nitrogens with zero attached hydrogens (tertiary/aromatic N) is 1. The Kier molecular flexibility index (Phi) is 6.25. The van der Waals surface area contributed by atoms with Gasteiger partial charge in [0, 0.05) is 12.5 Å². The molecule has 2 unspecified atom stereocenters. The first kappa shape index (κ1) is 16.8. The molecule has 2 rings (SSSR count). The van der Waals surface area contributed by atoms with E-state index in [4.69, 9.17) is 4.74 Å². The highest BCUT2D eigenvalue weighted by Gasteiger charge is 2.43. The van der Waals surface area contributed by atoms with Crippen LogP contribution in [0.5, 0.6) is 5.75 Å². The zero-order valence-electron chi connectivity index (χ0n) is 14.0. The monoisotopic (exact) mass is 304 g/mol. The number of rotatable bonds is 9. The first-order chi connectivity index (χ1) is 10.7. The van der Waals surface area contributed by atoms with Gasteiger partial charge in [0.05, 0.1) is 7.11 Å². The molecule has 0 radical (unpaired) electrons. The predicted molar refractivity (Wildman–Crippen MR) is 89.3 cm³/mol. The van der Waals surface area contributed by atoms with Crippen LogP contribution in [0, 0.1) is 5.92 Å². The summed E-state index contributed by atoms with van der Waals surface area (Å²) < 4.78 is 5.16. The van der Waals surface area contributed by atoms with Gasteiger partial charge in [0.2, 0.25) is 5.91 Å². The molecule has 4 nitrogen and oxygen atoms in total. The summed E-state index contributed by atoms with van der Waals surface area (Å²) in [4.78, 5) is 14.5. The van der Waals surface area contributed by atoms with E-state index in [0.717, 1.165) is 44.8 Å². The van der Waals surface area contributed by atoms with E-state index in [1.54, 1.807) is 7.11 Å². The molecule has 1 aliphatic carbocycles.